The SMILES string of the molecule is O=C(O)CCc1ccnn1C1CCS(=O)(=O)C1. The van der Waals surface area contributed by atoms with Gasteiger partial charge in [0.2, 0.25) is 0 Å². The number of aryl methyl sites for hydroxylation is 1. The van der Waals surface area contributed by atoms with Crippen LogP contribution < -0.4 is 0 Å². The Labute approximate surface area is 99.2 Å². The lowest BCUT2D eigenvalue weighted by Gasteiger charge is -2.12. The maximum Gasteiger partial charge on any atom is 0.303 e. The van der Waals surface area contributed by atoms with Crippen LogP contribution in [0.3, 0.4) is 0 Å². The van der Waals surface area contributed by atoms with Gasteiger partial charge in [0.15, 0.2) is 9.84 Å². The van der Waals surface area contributed by atoms with Gasteiger partial charge in [-0.1, -0.05) is 0 Å². The van der Waals surface area contributed by atoms with E-state index in [2.05, 4.69) is 5.10 Å². The van der Waals surface area contributed by atoms with E-state index in [1.54, 1.807) is 16.9 Å². The molecule has 0 aromatic carbocycles. The molecule has 94 valence electrons. The zero-order chi connectivity index (χ0) is 12.5. The molecule has 0 radical (unpaired) electrons. The summed E-state index contributed by atoms with van der Waals surface area (Å²) >= 11 is 0. The van der Waals surface area contributed by atoms with Crippen molar-refractivity contribution < 1.29 is 18.3 Å². The van der Waals surface area contributed by atoms with Crippen molar-refractivity contribution in [3.05, 3.63) is 18.0 Å². The van der Waals surface area contributed by atoms with Crippen LogP contribution in [-0.2, 0) is 21.1 Å². The highest BCUT2D eigenvalue weighted by atomic mass is 32.2. The van der Waals surface area contributed by atoms with Crippen LogP contribution in [0.15, 0.2) is 12.3 Å². The van der Waals surface area contributed by atoms with Crippen LogP contribution in [-0.4, -0.2) is 40.8 Å². The van der Waals surface area contributed by atoms with Crippen LogP contribution in [0.4, 0.5) is 0 Å². The van der Waals surface area contributed by atoms with Crippen LogP contribution in [0.5, 0.6) is 0 Å². The second kappa shape index (κ2) is 4.48. The number of hydrogen-bond acceptors (Lipinski definition) is 4. The summed E-state index contributed by atoms with van der Waals surface area (Å²) in [6.45, 7) is 0. The number of carboxylic acid groups (broad SMARTS) is 1. The van der Waals surface area contributed by atoms with Gasteiger partial charge < -0.3 is 5.11 Å². The lowest BCUT2D eigenvalue weighted by Crippen LogP contribution is -2.15. The number of aliphatic carboxylic acids is 1. The van der Waals surface area contributed by atoms with Gasteiger partial charge in [0.25, 0.3) is 0 Å². The summed E-state index contributed by atoms with van der Waals surface area (Å²) in [6, 6.07) is 1.60. The van der Waals surface area contributed by atoms with Gasteiger partial charge in [-0.25, -0.2) is 8.42 Å². The molecule has 1 N–H and O–H groups in total. The van der Waals surface area contributed by atoms with Crippen LogP contribution in [0, 0.1) is 0 Å². The maximum absolute atomic E-state index is 11.4. The van der Waals surface area contributed by atoms with Crippen LogP contribution in [0.25, 0.3) is 0 Å². The molecule has 1 saturated heterocycles. The smallest absolute Gasteiger partial charge is 0.303 e. The zero-order valence-electron chi connectivity index (χ0n) is 9.24. The quantitative estimate of drug-likeness (QED) is 0.836. The number of carboxylic acids is 1. The molecule has 6 nitrogen and oxygen atoms in total. The first kappa shape index (κ1) is 12.1. The molecule has 7 heteroatoms. The predicted octanol–water partition coefficient (Wildman–Crippen LogP) is 0.260. The van der Waals surface area contributed by atoms with Crippen molar-refractivity contribution in [3.63, 3.8) is 0 Å². The van der Waals surface area contributed by atoms with E-state index in [0.717, 1.165) is 5.69 Å². The van der Waals surface area contributed by atoms with E-state index in [1.807, 2.05) is 0 Å². The summed E-state index contributed by atoms with van der Waals surface area (Å²) < 4.78 is 24.4. The Hall–Kier alpha value is -1.37. The Balaban J connectivity index is 2.12. The summed E-state index contributed by atoms with van der Waals surface area (Å²) in [4.78, 5) is 10.5. The predicted molar refractivity (Wildman–Crippen MR) is 60.5 cm³/mol. The van der Waals surface area contributed by atoms with E-state index in [4.69, 9.17) is 5.11 Å². The number of aromatic nitrogens is 2. The van der Waals surface area contributed by atoms with E-state index in [0.29, 0.717) is 12.8 Å². The fourth-order valence-corrected chi connectivity index (χ4v) is 3.76. The minimum atomic E-state index is -2.95. The molecule has 2 rings (SSSR count). The van der Waals surface area contributed by atoms with E-state index < -0.39 is 15.8 Å². The van der Waals surface area contributed by atoms with Crippen molar-refractivity contribution in [2.45, 2.75) is 25.3 Å². The molecule has 1 fully saturated rings. The Bertz CT molecular complexity index is 520. The lowest BCUT2D eigenvalue weighted by atomic mass is 10.2. The summed E-state index contributed by atoms with van der Waals surface area (Å²) in [5.74, 6) is -0.568. The van der Waals surface area contributed by atoms with Gasteiger partial charge >= 0.3 is 5.97 Å². The molecule has 0 aliphatic carbocycles. The highest BCUT2D eigenvalue weighted by molar-refractivity contribution is 7.91. The molecule has 1 aromatic rings. The molecule has 1 aromatic heterocycles. The number of sulfone groups is 1. The third-order valence-electron chi connectivity index (χ3n) is 2.90. The Morgan fingerprint density at radius 1 is 1.59 bits per heavy atom. The van der Waals surface area contributed by atoms with Crippen molar-refractivity contribution in [3.8, 4) is 0 Å². The average Bonchev–Trinajstić information content (AvgIpc) is 2.80. The topological polar surface area (TPSA) is 89.3 Å². The van der Waals surface area contributed by atoms with Crippen molar-refractivity contribution in [1.29, 1.82) is 0 Å². The average molecular weight is 258 g/mol. The van der Waals surface area contributed by atoms with Crippen LogP contribution >= 0.6 is 0 Å². The molecule has 0 amide bonds. The van der Waals surface area contributed by atoms with Crippen LogP contribution in [0.2, 0.25) is 0 Å². The van der Waals surface area contributed by atoms with Crippen molar-refractivity contribution >= 4 is 15.8 Å². The Kier molecular flexibility index (Phi) is 3.19. The normalized spacial score (nSPS) is 22.7. The summed E-state index contributed by atoms with van der Waals surface area (Å²) in [6.07, 6.45) is 2.56. The number of hydrogen-bond donors (Lipinski definition) is 1. The zero-order valence-corrected chi connectivity index (χ0v) is 10.1. The summed E-state index contributed by atoms with van der Waals surface area (Å²) in [5, 5.41) is 12.7. The molecule has 0 spiro atoms. The third kappa shape index (κ3) is 2.85. The van der Waals surface area contributed by atoms with Gasteiger partial charge in [0, 0.05) is 11.9 Å². The van der Waals surface area contributed by atoms with Gasteiger partial charge in [0.1, 0.15) is 0 Å². The highest BCUT2D eigenvalue weighted by Gasteiger charge is 2.30. The second-order valence-electron chi connectivity index (χ2n) is 4.22. The number of nitrogens with zero attached hydrogens (tertiary/aromatic N) is 2. The maximum atomic E-state index is 11.4. The Morgan fingerprint density at radius 2 is 2.35 bits per heavy atom. The van der Waals surface area contributed by atoms with E-state index in [1.165, 1.54) is 0 Å². The van der Waals surface area contributed by atoms with Gasteiger partial charge in [0.05, 0.1) is 24.0 Å². The highest BCUT2D eigenvalue weighted by Crippen LogP contribution is 2.24. The molecule has 17 heavy (non-hydrogen) atoms. The van der Waals surface area contributed by atoms with E-state index >= 15 is 0 Å². The molecule has 1 unspecified atom stereocenters. The molecule has 1 aliphatic heterocycles. The Morgan fingerprint density at radius 3 is 2.94 bits per heavy atom. The fraction of sp³-hybridized carbons (Fsp3) is 0.600. The van der Waals surface area contributed by atoms with Gasteiger partial charge in [-0.2, -0.15) is 5.10 Å². The summed E-state index contributed by atoms with van der Waals surface area (Å²) in [7, 11) is -2.95. The molecule has 0 bridgehead atoms. The van der Waals surface area contributed by atoms with Gasteiger partial charge in [-0.05, 0) is 18.9 Å². The second-order valence-corrected chi connectivity index (χ2v) is 6.45. The fourth-order valence-electron chi connectivity index (χ4n) is 2.07. The van der Waals surface area contributed by atoms with Crippen molar-refractivity contribution in [1.82, 2.24) is 9.78 Å². The minimum absolute atomic E-state index is 0.0329. The largest absolute Gasteiger partial charge is 0.481 e. The number of carbonyl (C=O) groups is 1. The first-order valence-corrected chi connectivity index (χ1v) is 7.25. The first-order chi connectivity index (χ1) is 7.98. The lowest BCUT2D eigenvalue weighted by molar-refractivity contribution is -0.137. The van der Waals surface area contributed by atoms with E-state index in [-0.39, 0.29) is 24.0 Å². The first-order valence-electron chi connectivity index (χ1n) is 5.42. The monoisotopic (exact) mass is 258 g/mol. The summed E-state index contributed by atoms with van der Waals surface area (Å²) in [5.41, 5.74) is 0.787. The minimum Gasteiger partial charge on any atom is -0.481 e. The van der Waals surface area contributed by atoms with Gasteiger partial charge in [-0.3, -0.25) is 9.48 Å². The van der Waals surface area contributed by atoms with E-state index in [9.17, 15) is 13.2 Å². The number of rotatable bonds is 4. The third-order valence-corrected chi connectivity index (χ3v) is 4.65. The van der Waals surface area contributed by atoms with Crippen LogP contribution in [0.1, 0.15) is 24.6 Å². The molecule has 1 atom stereocenters. The molecule has 0 saturated carbocycles. The van der Waals surface area contributed by atoms with Gasteiger partial charge in [-0.15, -0.1) is 0 Å². The molecule has 1 aliphatic rings. The van der Waals surface area contributed by atoms with Crippen molar-refractivity contribution in [2.24, 2.45) is 0 Å². The standard InChI is InChI=1S/C10H14N2O4S/c13-10(14)2-1-8-3-5-11-12(8)9-4-6-17(15,16)7-9/h3,5,9H,1-2,4,6-7H2,(H,13,14). The molecular formula is C10H14N2O4S. The molecule has 2 heterocycles. The van der Waals surface area contributed by atoms with Crippen molar-refractivity contribution in [2.75, 3.05) is 11.5 Å². The molecular weight excluding hydrogens is 244 g/mol.